The molecule has 25 heavy (non-hydrogen) atoms. The monoisotopic (exact) mass is 409 g/mol. The summed E-state index contributed by atoms with van der Waals surface area (Å²) in [4.78, 5) is 12.7. The summed E-state index contributed by atoms with van der Waals surface area (Å²) in [7, 11) is 0. The van der Waals surface area contributed by atoms with Crippen molar-refractivity contribution in [3.8, 4) is 0 Å². The van der Waals surface area contributed by atoms with E-state index in [0.29, 0.717) is 35.5 Å². The summed E-state index contributed by atoms with van der Waals surface area (Å²) in [6.07, 6.45) is 6.91. The Hall–Kier alpha value is -1.24. The van der Waals surface area contributed by atoms with Crippen LogP contribution in [0, 0.1) is 11.7 Å². The first-order chi connectivity index (χ1) is 12.1. The molecule has 2 aliphatic rings. The number of aromatic nitrogens is 1. The number of nitrogens with zero attached hydrogens (tertiary/aromatic N) is 1. The molecule has 1 aromatic carbocycles. The maximum Gasteiger partial charge on any atom is 0.258 e. The molecular weight excluding hydrogens is 389 g/mol. The van der Waals surface area contributed by atoms with Gasteiger partial charge in [-0.1, -0.05) is 6.42 Å². The Labute approximate surface area is 154 Å². The quantitative estimate of drug-likeness (QED) is 0.761. The van der Waals surface area contributed by atoms with Gasteiger partial charge in [0.05, 0.1) is 23.1 Å². The molecule has 0 radical (unpaired) electrons. The van der Waals surface area contributed by atoms with E-state index in [1.165, 1.54) is 12.5 Å². The van der Waals surface area contributed by atoms with Crippen molar-refractivity contribution in [2.24, 2.45) is 5.92 Å². The lowest BCUT2D eigenvalue weighted by Gasteiger charge is -2.39. The fraction of sp³-hybridized carbons (Fsp3) is 0.526. The van der Waals surface area contributed by atoms with Crippen LogP contribution in [0.25, 0.3) is 10.8 Å². The molecular formula is C19H21BrFNO3. The zero-order chi connectivity index (χ0) is 17.4. The lowest BCUT2D eigenvalue weighted by atomic mass is 9.81. The highest BCUT2D eigenvalue weighted by Crippen LogP contribution is 2.42. The molecule has 4 nitrogen and oxygen atoms in total. The van der Waals surface area contributed by atoms with Crippen molar-refractivity contribution in [2.45, 2.75) is 44.4 Å². The van der Waals surface area contributed by atoms with Crippen LogP contribution >= 0.6 is 15.9 Å². The molecule has 6 heteroatoms. The van der Waals surface area contributed by atoms with Crippen LogP contribution in [-0.2, 0) is 16.0 Å². The Morgan fingerprint density at radius 3 is 2.88 bits per heavy atom. The van der Waals surface area contributed by atoms with Crippen LogP contribution in [0.5, 0.6) is 0 Å². The summed E-state index contributed by atoms with van der Waals surface area (Å²) in [5.41, 5.74) is -0.151. The molecule has 1 unspecified atom stereocenters. The van der Waals surface area contributed by atoms with E-state index in [2.05, 4.69) is 15.9 Å². The smallest absolute Gasteiger partial charge is 0.258 e. The second kappa shape index (κ2) is 6.82. The Morgan fingerprint density at radius 1 is 1.28 bits per heavy atom. The fourth-order valence-electron chi connectivity index (χ4n) is 4.15. The second-order valence-electron chi connectivity index (χ2n) is 6.91. The Morgan fingerprint density at radius 2 is 2.08 bits per heavy atom. The number of fused-ring (bicyclic) bond motifs is 1. The van der Waals surface area contributed by atoms with Gasteiger partial charge in [0.2, 0.25) is 0 Å². The third-order valence-corrected chi connectivity index (χ3v) is 6.07. The topological polar surface area (TPSA) is 40.5 Å². The van der Waals surface area contributed by atoms with Gasteiger partial charge in [0, 0.05) is 25.1 Å². The van der Waals surface area contributed by atoms with Gasteiger partial charge in [-0.15, -0.1) is 0 Å². The Bertz CT molecular complexity index is 844. The van der Waals surface area contributed by atoms with Gasteiger partial charge in [-0.25, -0.2) is 4.39 Å². The summed E-state index contributed by atoms with van der Waals surface area (Å²) >= 11 is 3.16. The minimum atomic E-state index is -0.449. The molecule has 1 aliphatic heterocycles. The zero-order valence-electron chi connectivity index (χ0n) is 14.0. The average Bonchev–Trinajstić information content (AvgIpc) is 3.07. The average molecular weight is 410 g/mol. The maximum atomic E-state index is 13.8. The normalized spacial score (nSPS) is 22.7. The summed E-state index contributed by atoms with van der Waals surface area (Å²) < 4.78 is 27.7. The first-order valence-electron chi connectivity index (χ1n) is 8.85. The van der Waals surface area contributed by atoms with E-state index in [4.69, 9.17) is 9.47 Å². The predicted octanol–water partition coefficient (Wildman–Crippen LogP) is 4.23. The van der Waals surface area contributed by atoms with Crippen LogP contribution in [0.3, 0.4) is 0 Å². The number of rotatable bonds is 3. The number of hydrogen-bond acceptors (Lipinski definition) is 3. The molecule has 0 bridgehead atoms. The highest BCUT2D eigenvalue weighted by atomic mass is 79.9. The van der Waals surface area contributed by atoms with Crippen molar-refractivity contribution in [3.05, 3.63) is 45.0 Å². The molecule has 1 atom stereocenters. The van der Waals surface area contributed by atoms with Crippen LogP contribution in [0.2, 0.25) is 0 Å². The van der Waals surface area contributed by atoms with Crippen molar-refractivity contribution in [1.29, 1.82) is 0 Å². The molecule has 134 valence electrons. The fourth-order valence-corrected chi connectivity index (χ4v) is 4.51. The van der Waals surface area contributed by atoms with E-state index in [1.54, 1.807) is 16.8 Å². The summed E-state index contributed by atoms with van der Waals surface area (Å²) in [6.45, 7) is 1.90. The highest BCUT2D eigenvalue weighted by molar-refractivity contribution is 9.10. The molecule has 1 spiro atoms. The molecule has 1 aliphatic carbocycles. The molecule has 0 amide bonds. The van der Waals surface area contributed by atoms with Gasteiger partial charge < -0.3 is 14.0 Å². The van der Waals surface area contributed by atoms with E-state index in [9.17, 15) is 9.18 Å². The molecule has 1 saturated heterocycles. The van der Waals surface area contributed by atoms with Crippen molar-refractivity contribution >= 4 is 26.7 Å². The standard InChI is InChI=1S/C19H21BrFNO3/c20-16-11-13-4-7-22(18(23)15(13)12-17(16)21)8-5-14-3-1-2-6-19(14)24-9-10-25-19/h4,7,11-12,14H,1-3,5-6,8-10H2. The minimum absolute atomic E-state index is 0.151. The van der Waals surface area contributed by atoms with Gasteiger partial charge in [-0.2, -0.15) is 0 Å². The largest absolute Gasteiger partial charge is 0.347 e. The molecule has 4 rings (SSSR count). The number of hydrogen-bond donors (Lipinski definition) is 0. The van der Waals surface area contributed by atoms with Crippen molar-refractivity contribution in [2.75, 3.05) is 13.2 Å². The van der Waals surface area contributed by atoms with Gasteiger partial charge in [0.25, 0.3) is 5.56 Å². The van der Waals surface area contributed by atoms with E-state index >= 15 is 0 Å². The predicted molar refractivity (Wildman–Crippen MR) is 97.1 cm³/mol. The maximum absolute atomic E-state index is 13.8. The molecule has 2 aromatic rings. The third-order valence-electron chi connectivity index (χ3n) is 5.46. The summed E-state index contributed by atoms with van der Waals surface area (Å²) in [5.74, 6) is -0.565. The second-order valence-corrected chi connectivity index (χ2v) is 7.76. The van der Waals surface area contributed by atoms with Crippen molar-refractivity contribution in [3.63, 3.8) is 0 Å². The highest BCUT2D eigenvalue weighted by Gasteiger charge is 2.45. The Balaban J connectivity index is 1.57. The van der Waals surface area contributed by atoms with Gasteiger partial charge in [0.1, 0.15) is 5.82 Å². The molecule has 0 N–H and O–H groups in total. The summed E-state index contributed by atoms with van der Waals surface area (Å²) in [6, 6.07) is 4.82. The van der Waals surface area contributed by atoms with E-state index < -0.39 is 11.6 Å². The molecule has 1 aromatic heterocycles. The van der Waals surface area contributed by atoms with Gasteiger partial charge in [0.15, 0.2) is 5.79 Å². The third kappa shape index (κ3) is 3.15. The van der Waals surface area contributed by atoms with Crippen LogP contribution in [0.4, 0.5) is 4.39 Å². The van der Waals surface area contributed by atoms with E-state index in [-0.39, 0.29) is 5.56 Å². The zero-order valence-corrected chi connectivity index (χ0v) is 15.6. The number of ether oxygens (including phenoxy) is 2. The SMILES string of the molecule is O=c1c2cc(F)c(Br)cc2ccn1CCC1CCCCC12OCCO2. The van der Waals surface area contributed by atoms with E-state index in [1.807, 2.05) is 6.07 Å². The number of benzene rings is 1. The molecule has 2 fully saturated rings. The van der Waals surface area contributed by atoms with Crippen LogP contribution in [0.1, 0.15) is 32.1 Å². The molecule has 1 saturated carbocycles. The first kappa shape index (κ1) is 17.2. The van der Waals surface area contributed by atoms with Gasteiger partial charge in [-0.05, 0) is 58.8 Å². The Kier molecular flexibility index (Phi) is 4.69. The van der Waals surface area contributed by atoms with E-state index in [0.717, 1.165) is 31.1 Å². The van der Waals surface area contributed by atoms with Gasteiger partial charge >= 0.3 is 0 Å². The summed E-state index contributed by atoms with van der Waals surface area (Å²) in [5, 5.41) is 1.15. The van der Waals surface area contributed by atoms with Crippen molar-refractivity contribution < 1.29 is 13.9 Å². The first-order valence-corrected chi connectivity index (χ1v) is 9.64. The van der Waals surface area contributed by atoms with Crippen LogP contribution < -0.4 is 5.56 Å². The lowest BCUT2D eigenvalue weighted by Crippen LogP contribution is -2.42. The number of halogens is 2. The van der Waals surface area contributed by atoms with Crippen LogP contribution in [-0.4, -0.2) is 23.6 Å². The number of aryl methyl sites for hydroxylation is 1. The molecule has 2 heterocycles. The lowest BCUT2D eigenvalue weighted by molar-refractivity contribution is -0.214. The van der Waals surface area contributed by atoms with Crippen LogP contribution in [0.15, 0.2) is 33.7 Å². The number of pyridine rings is 1. The van der Waals surface area contributed by atoms with Crippen molar-refractivity contribution in [1.82, 2.24) is 4.57 Å². The minimum Gasteiger partial charge on any atom is -0.347 e. The van der Waals surface area contributed by atoms with Gasteiger partial charge in [-0.3, -0.25) is 4.79 Å².